The number of hydrogen-bond donors (Lipinski definition) is 3. The third-order valence-corrected chi connectivity index (χ3v) is 2.14. The SMILES string of the molecule is OB(O)c1ccc2c(c1)NCC2. The van der Waals surface area contributed by atoms with Crippen LogP contribution in [0.15, 0.2) is 18.2 Å². The van der Waals surface area contributed by atoms with E-state index in [0.717, 1.165) is 18.7 Å². The van der Waals surface area contributed by atoms with E-state index in [1.165, 1.54) is 5.56 Å². The number of hydrogen-bond acceptors (Lipinski definition) is 3. The van der Waals surface area contributed by atoms with E-state index in [-0.39, 0.29) is 0 Å². The molecule has 3 N–H and O–H groups in total. The van der Waals surface area contributed by atoms with Crippen molar-refractivity contribution in [1.29, 1.82) is 0 Å². The second kappa shape index (κ2) is 2.81. The third-order valence-electron chi connectivity index (χ3n) is 2.14. The summed E-state index contributed by atoms with van der Waals surface area (Å²) in [7, 11) is -1.36. The van der Waals surface area contributed by atoms with E-state index in [1.807, 2.05) is 6.07 Å². The third kappa shape index (κ3) is 1.19. The van der Waals surface area contributed by atoms with Gasteiger partial charge in [0.2, 0.25) is 0 Å². The van der Waals surface area contributed by atoms with Crippen molar-refractivity contribution in [3.8, 4) is 0 Å². The summed E-state index contributed by atoms with van der Waals surface area (Å²) >= 11 is 0. The highest BCUT2D eigenvalue weighted by Crippen LogP contribution is 2.19. The molecule has 4 heteroatoms. The summed E-state index contributed by atoms with van der Waals surface area (Å²) in [5, 5.41) is 20.9. The highest BCUT2D eigenvalue weighted by Gasteiger charge is 2.15. The van der Waals surface area contributed by atoms with Crippen LogP contribution in [0, 0.1) is 0 Å². The fourth-order valence-electron chi connectivity index (χ4n) is 1.47. The lowest BCUT2D eigenvalue weighted by Crippen LogP contribution is -2.29. The molecule has 0 atom stereocenters. The Balaban J connectivity index is 2.39. The van der Waals surface area contributed by atoms with Crippen LogP contribution in [-0.4, -0.2) is 23.7 Å². The number of benzene rings is 1. The summed E-state index contributed by atoms with van der Waals surface area (Å²) in [4.78, 5) is 0. The molecule has 0 saturated carbocycles. The van der Waals surface area contributed by atoms with Gasteiger partial charge in [-0.3, -0.25) is 0 Å². The maximum Gasteiger partial charge on any atom is 0.488 e. The quantitative estimate of drug-likeness (QED) is 0.481. The summed E-state index contributed by atoms with van der Waals surface area (Å²) in [6.07, 6.45) is 1.02. The molecular formula is C8H10BNO2. The van der Waals surface area contributed by atoms with Crippen LogP contribution in [0.3, 0.4) is 0 Å². The average molecular weight is 163 g/mol. The maximum absolute atomic E-state index is 8.88. The first-order valence-corrected chi connectivity index (χ1v) is 4.00. The van der Waals surface area contributed by atoms with Crippen molar-refractivity contribution in [3.05, 3.63) is 23.8 Å². The zero-order valence-corrected chi connectivity index (χ0v) is 6.62. The number of nitrogens with one attached hydrogen (secondary N) is 1. The van der Waals surface area contributed by atoms with Gasteiger partial charge in [-0.05, 0) is 23.5 Å². The molecule has 1 heterocycles. The van der Waals surface area contributed by atoms with Crippen LogP contribution in [0.25, 0.3) is 0 Å². The first-order chi connectivity index (χ1) is 5.77. The van der Waals surface area contributed by atoms with E-state index < -0.39 is 7.12 Å². The lowest BCUT2D eigenvalue weighted by molar-refractivity contribution is 0.426. The molecule has 0 aliphatic carbocycles. The molecule has 1 aromatic carbocycles. The fourth-order valence-corrected chi connectivity index (χ4v) is 1.47. The minimum atomic E-state index is -1.36. The Morgan fingerprint density at radius 3 is 2.92 bits per heavy atom. The molecular weight excluding hydrogens is 153 g/mol. The molecule has 0 amide bonds. The maximum atomic E-state index is 8.88. The van der Waals surface area contributed by atoms with Gasteiger partial charge in [0.25, 0.3) is 0 Å². The van der Waals surface area contributed by atoms with Crippen molar-refractivity contribution in [1.82, 2.24) is 0 Å². The van der Waals surface area contributed by atoms with Gasteiger partial charge in [-0.25, -0.2) is 0 Å². The Kier molecular flexibility index (Phi) is 1.79. The Labute approximate surface area is 71.2 Å². The molecule has 0 spiro atoms. The van der Waals surface area contributed by atoms with E-state index in [1.54, 1.807) is 12.1 Å². The predicted molar refractivity (Wildman–Crippen MR) is 48.5 cm³/mol. The number of rotatable bonds is 1. The van der Waals surface area contributed by atoms with Crippen LogP contribution in [0.5, 0.6) is 0 Å². The largest absolute Gasteiger partial charge is 0.488 e. The van der Waals surface area contributed by atoms with Gasteiger partial charge in [-0.1, -0.05) is 12.1 Å². The smallest absolute Gasteiger partial charge is 0.423 e. The second-order valence-corrected chi connectivity index (χ2v) is 2.97. The van der Waals surface area contributed by atoms with Crippen molar-refractivity contribution >= 4 is 18.3 Å². The van der Waals surface area contributed by atoms with Crippen molar-refractivity contribution in [2.75, 3.05) is 11.9 Å². The molecule has 0 radical (unpaired) electrons. The molecule has 0 aromatic heterocycles. The van der Waals surface area contributed by atoms with E-state index >= 15 is 0 Å². The standard InChI is InChI=1S/C8H10BNO2/c11-9(12)7-2-1-6-3-4-10-8(6)5-7/h1-2,5,10-12H,3-4H2. The minimum Gasteiger partial charge on any atom is -0.423 e. The minimum absolute atomic E-state index is 0.545. The topological polar surface area (TPSA) is 52.5 Å². The van der Waals surface area contributed by atoms with Gasteiger partial charge in [-0.15, -0.1) is 0 Å². The van der Waals surface area contributed by atoms with E-state index in [4.69, 9.17) is 10.0 Å². The molecule has 3 nitrogen and oxygen atoms in total. The first-order valence-electron chi connectivity index (χ1n) is 4.00. The van der Waals surface area contributed by atoms with E-state index in [9.17, 15) is 0 Å². The molecule has 1 aromatic rings. The van der Waals surface area contributed by atoms with E-state index in [2.05, 4.69) is 5.32 Å². The number of fused-ring (bicyclic) bond motifs is 1. The molecule has 2 rings (SSSR count). The Morgan fingerprint density at radius 1 is 1.33 bits per heavy atom. The van der Waals surface area contributed by atoms with Crippen LogP contribution in [-0.2, 0) is 6.42 Å². The highest BCUT2D eigenvalue weighted by atomic mass is 16.4. The molecule has 1 aliphatic heterocycles. The second-order valence-electron chi connectivity index (χ2n) is 2.97. The molecule has 0 bridgehead atoms. The molecule has 62 valence electrons. The van der Waals surface area contributed by atoms with Gasteiger partial charge in [0.1, 0.15) is 0 Å². The molecule has 1 aliphatic rings. The zero-order chi connectivity index (χ0) is 8.55. The summed E-state index contributed by atoms with van der Waals surface area (Å²) in [6.45, 7) is 0.945. The molecule has 0 saturated heterocycles. The van der Waals surface area contributed by atoms with Gasteiger partial charge < -0.3 is 15.4 Å². The van der Waals surface area contributed by atoms with Gasteiger partial charge in [0.05, 0.1) is 0 Å². The fraction of sp³-hybridized carbons (Fsp3) is 0.250. The Morgan fingerprint density at radius 2 is 2.17 bits per heavy atom. The van der Waals surface area contributed by atoms with Crippen LogP contribution < -0.4 is 10.8 Å². The summed E-state index contributed by atoms with van der Waals surface area (Å²) in [5.41, 5.74) is 2.82. The molecule has 0 unspecified atom stereocenters. The van der Waals surface area contributed by atoms with Gasteiger partial charge >= 0.3 is 7.12 Å². The van der Waals surface area contributed by atoms with Crippen LogP contribution >= 0.6 is 0 Å². The predicted octanol–water partition coefficient (Wildman–Crippen LogP) is -0.666. The molecule has 0 fully saturated rings. The van der Waals surface area contributed by atoms with Crippen molar-refractivity contribution in [3.63, 3.8) is 0 Å². The average Bonchev–Trinajstić information content (AvgIpc) is 2.49. The van der Waals surface area contributed by atoms with Gasteiger partial charge in [0, 0.05) is 12.2 Å². The van der Waals surface area contributed by atoms with Gasteiger partial charge in [-0.2, -0.15) is 0 Å². The van der Waals surface area contributed by atoms with Crippen LogP contribution in [0.4, 0.5) is 5.69 Å². The lowest BCUT2D eigenvalue weighted by Gasteiger charge is -2.03. The van der Waals surface area contributed by atoms with Gasteiger partial charge in [0.15, 0.2) is 0 Å². The summed E-state index contributed by atoms with van der Waals surface area (Å²) in [6, 6.07) is 5.47. The summed E-state index contributed by atoms with van der Waals surface area (Å²) in [5.74, 6) is 0. The number of anilines is 1. The van der Waals surface area contributed by atoms with Crippen molar-refractivity contribution in [2.24, 2.45) is 0 Å². The highest BCUT2D eigenvalue weighted by molar-refractivity contribution is 6.58. The van der Waals surface area contributed by atoms with Crippen molar-refractivity contribution < 1.29 is 10.0 Å². The van der Waals surface area contributed by atoms with Crippen LogP contribution in [0.1, 0.15) is 5.56 Å². The monoisotopic (exact) mass is 163 g/mol. The Hall–Kier alpha value is -0.995. The Bertz CT molecular complexity index is 301. The van der Waals surface area contributed by atoms with E-state index in [0.29, 0.717) is 5.46 Å². The summed E-state index contributed by atoms with van der Waals surface area (Å²) < 4.78 is 0. The lowest BCUT2D eigenvalue weighted by atomic mass is 9.80. The van der Waals surface area contributed by atoms with Crippen LogP contribution in [0.2, 0.25) is 0 Å². The van der Waals surface area contributed by atoms with Crippen molar-refractivity contribution in [2.45, 2.75) is 6.42 Å². The first kappa shape index (κ1) is 7.64. The zero-order valence-electron chi connectivity index (χ0n) is 6.62. The molecule has 12 heavy (non-hydrogen) atoms. The normalized spacial score (nSPS) is 13.8.